The third kappa shape index (κ3) is 3.83. The van der Waals surface area contributed by atoms with Crippen molar-refractivity contribution in [3.05, 3.63) is 52.2 Å². The number of amides is 2. The Morgan fingerprint density at radius 1 is 1.17 bits per heavy atom. The van der Waals surface area contributed by atoms with Crippen molar-refractivity contribution < 1.29 is 9.59 Å². The van der Waals surface area contributed by atoms with Gasteiger partial charge in [-0.05, 0) is 49.5 Å². The van der Waals surface area contributed by atoms with E-state index in [1.807, 2.05) is 23.4 Å². The largest absolute Gasteiger partial charge is 0.339 e. The Morgan fingerprint density at radius 3 is 2.62 bits per heavy atom. The molecular formula is C18H21N3O2S. The predicted molar refractivity (Wildman–Crippen MR) is 96.7 cm³/mol. The van der Waals surface area contributed by atoms with Gasteiger partial charge in [-0.3, -0.25) is 9.59 Å². The molecule has 1 aliphatic rings. The third-order valence-electron chi connectivity index (χ3n) is 4.30. The fourth-order valence-corrected chi connectivity index (χ4v) is 3.50. The van der Waals surface area contributed by atoms with Crippen LogP contribution in [0.25, 0.3) is 0 Å². The second kappa shape index (κ2) is 7.59. The first kappa shape index (κ1) is 16.7. The van der Waals surface area contributed by atoms with E-state index < -0.39 is 0 Å². The van der Waals surface area contributed by atoms with Gasteiger partial charge in [0.2, 0.25) is 0 Å². The van der Waals surface area contributed by atoms with Gasteiger partial charge in [0.05, 0.1) is 4.88 Å². The van der Waals surface area contributed by atoms with Crippen molar-refractivity contribution in [1.82, 2.24) is 10.2 Å². The zero-order valence-electron chi connectivity index (χ0n) is 13.6. The number of nitrogens with zero attached hydrogens (tertiary/aromatic N) is 1. The molecule has 0 bridgehead atoms. The molecule has 0 aliphatic carbocycles. The molecule has 2 amide bonds. The molecule has 126 valence electrons. The average molecular weight is 343 g/mol. The first-order valence-electron chi connectivity index (χ1n) is 8.09. The molecule has 1 aromatic heterocycles. The second-order valence-electron chi connectivity index (χ2n) is 5.87. The van der Waals surface area contributed by atoms with Crippen molar-refractivity contribution in [2.45, 2.75) is 18.9 Å². The third-order valence-corrected chi connectivity index (χ3v) is 5.17. The van der Waals surface area contributed by atoms with E-state index in [4.69, 9.17) is 0 Å². The van der Waals surface area contributed by atoms with Crippen molar-refractivity contribution >= 4 is 28.8 Å². The normalized spacial score (nSPS) is 15.3. The van der Waals surface area contributed by atoms with Crippen LogP contribution in [0, 0.1) is 0 Å². The fraction of sp³-hybridized carbons (Fsp3) is 0.333. The molecule has 1 saturated heterocycles. The van der Waals surface area contributed by atoms with Crippen molar-refractivity contribution in [1.29, 1.82) is 0 Å². The van der Waals surface area contributed by atoms with Gasteiger partial charge < -0.3 is 15.5 Å². The van der Waals surface area contributed by atoms with Crippen molar-refractivity contribution in [3.63, 3.8) is 0 Å². The number of benzene rings is 1. The molecule has 24 heavy (non-hydrogen) atoms. The molecule has 2 N–H and O–H groups in total. The summed E-state index contributed by atoms with van der Waals surface area (Å²) in [7, 11) is 1.96. The molecular weight excluding hydrogens is 322 g/mol. The highest BCUT2D eigenvalue weighted by molar-refractivity contribution is 7.12. The van der Waals surface area contributed by atoms with Crippen LogP contribution in [0.15, 0.2) is 41.8 Å². The minimum atomic E-state index is -0.149. The van der Waals surface area contributed by atoms with E-state index in [9.17, 15) is 9.59 Å². The van der Waals surface area contributed by atoms with Gasteiger partial charge in [-0.25, -0.2) is 0 Å². The summed E-state index contributed by atoms with van der Waals surface area (Å²) in [5.41, 5.74) is 1.26. The average Bonchev–Trinajstić information content (AvgIpc) is 3.16. The zero-order valence-corrected chi connectivity index (χ0v) is 14.4. The first-order valence-corrected chi connectivity index (χ1v) is 8.97. The Balaban J connectivity index is 1.66. The van der Waals surface area contributed by atoms with Crippen LogP contribution in [0.2, 0.25) is 0 Å². The Labute approximate surface area is 145 Å². The van der Waals surface area contributed by atoms with Crippen LogP contribution < -0.4 is 10.6 Å². The second-order valence-corrected chi connectivity index (χ2v) is 6.82. The number of carbonyl (C=O) groups excluding carboxylic acids is 2. The number of carbonyl (C=O) groups is 2. The maximum atomic E-state index is 12.7. The lowest BCUT2D eigenvalue weighted by molar-refractivity contribution is 0.0707. The predicted octanol–water partition coefficient (Wildman–Crippen LogP) is 2.82. The maximum Gasteiger partial charge on any atom is 0.265 e. The topological polar surface area (TPSA) is 61.4 Å². The summed E-state index contributed by atoms with van der Waals surface area (Å²) in [5.74, 6) is -0.124. The van der Waals surface area contributed by atoms with Crippen molar-refractivity contribution in [2.24, 2.45) is 0 Å². The van der Waals surface area contributed by atoms with Gasteiger partial charge >= 0.3 is 0 Å². The maximum absolute atomic E-state index is 12.7. The van der Waals surface area contributed by atoms with E-state index >= 15 is 0 Å². The highest BCUT2D eigenvalue weighted by Crippen LogP contribution is 2.18. The molecule has 1 aromatic carbocycles. The number of hydrogen-bond acceptors (Lipinski definition) is 4. The van der Waals surface area contributed by atoms with Gasteiger partial charge in [-0.2, -0.15) is 0 Å². The molecule has 1 fully saturated rings. The van der Waals surface area contributed by atoms with Crippen molar-refractivity contribution in [3.8, 4) is 0 Å². The summed E-state index contributed by atoms with van der Waals surface area (Å²) in [4.78, 5) is 27.3. The lowest BCUT2D eigenvalue weighted by atomic mass is 10.0. The number of nitrogens with one attached hydrogen (secondary N) is 2. The molecule has 0 radical (unpaired) electrons. The number of piperidine rings is 1. The van der Waals surface area contributed by atoms with Crippen LogP contribution in [0.3, 0.4) is 0 Å². The Morgan fingerprint density at radius 2 is 1.96 bits per heavy atom. The summed E-state index contributed by atoms with van der Waals surface area (Å²) < 4.78 is 0. The molecule has 0 unspecified atom stereocenters. The Hall–Kier alpha value is -2.18. The molecule has 2 aromatic rings. The highest BCUT2D eigenvalue weighted by Gasteiger charge is 2.22. The van der Waals surface area contributed by atoms with Crippen LogP contribution in [0.4, 0.5) is 5.69 Å². The first-order chi connectivity index (χ1) is 11.7. The van der Waals surface area contributed by atoms with Crippen molar-refractivity contribution in [2.75, 3.05) is 25.5 Å². The molecule has 0 atom stereocenters. The minimum Gasteiger partial charge on any atom is -0.339 e. The van der Waals surface area contributed by atoms with E-state index in [1.54, 1.807) is 30.3 Å². The molecule has 1 aliphatic heterocycles. The number of thiophene rings is 1. The smallest absolute Gasteiger partial charge is 0.265 e. The van der Waals surface area contributed by atoms with Crippen LogP contribution in [0.1, 0.15) is 32.9 Å². The van der Waals surface area contributed by atoms with E-state index in [2.05, 4.69) is 10.6 Å². The molecule has 0 spiro atoms. The lowest BCUT2D eigenvalue weighted by Crippen LogP contribution is -2.43. The van der Waals surface area contributed by atoms with E-state index in [1.165, 1.54) is 11.3 Å². The number of hydrogen-bond donors (Lipinski definition) is 2. The van der Waals surface area contributed by atoms with Gasteiger partial charge in [-0.1, -0.05) is 12.1 Å². The zero-order chi connectivity index (χ0) is 16.9. The SMILES string of the molecule is CNC1CCN(C(=O)c2cccc(NC(=O)c3cccs3)c2)CC1. The van der Waals surface area contributed by atoms with Gasteiger partial charge in [0, 0.05) is 30.4 Å². The fourth-order valence-electron chi connectivity index (χ4n) is 2.88. The molecule has 0 saturated carbocycles. The van der Waals surface area contributed by atoms with Crippen LogP contribution in [-0.2, 0) is 0 Å². The lowest BCUT2D eigenvalue weighted by Gasteiger charge is -2.32. The summed E-state index contributed by atoms with van der Waals surface area (Å²) in [5, 5.41) is 7.98. The molecule has 6 heteroatoms. The van der Waals surface area contributed by atoms with Gasteiger partial charge in [0.15, 0.2) is 0 Å². The highest BCUT2D eigenvalue weighted by atomic mass is 32.1. The standard InChI is InChI=1S/C18H21N3O2S/c1-19-14-7-9-21(10-8-14)18(23)13-4-2-5-15(12-13)20-17(22)16-6-3-11-24-16/h2-6,11-12,14,19H,7-10H2,1H3,(H,20,22). The quantitative estimate of drug-likeness (QED) is 0.897. The Kier molecular flexibility index (Phi) is 5.27. The van der Waals surface area contributed by atoms with E-state index in [0.717, 1.165) is 25.9 Å². The number of likely N-dealkylation sites (tertiary alicyclic amines) is 1. The number of anilines is 1. The van der Waals surface area contributed by atoms with E-state index in [-0.39, 0.29) is 11.8 Å². The monoisotopic (exact) mass is 343 g/mol. The molecule has 5 nitrogen and oxygen atoms in total. The van der Waals surface area contributed by atoms with E-state index in [0.29, 0.717) is 22.2 Å². The van der Waals surface area contributed by atoms with Crippen LogP contribution in [0.5, 0.6) is 0 Å². The molecule has 2 heterocycles. The summed E-state index contributed by atoms with van der Waals surface area (Å²) in [6.07, 6.45) is 1.94. The van der Waals surface area contributed by atoms with Gasteiger partial charge in [0.1, 0.15) is 0 Å². The number of rotatable bonds is 4. The Bertz CT molecular complexity index is 707. The van der Waals surface area contributed by atoms with Gasteiger partial charge in [-0.15, -0.1) is 11.3 Å². The van der Waals surface area contributed by atoms with Crippen LogP contribution in [-0.4, -0.2) is 42.9 Å². The summed E-state index contributed by atoms with van der Waals surface area (Å²) in [6, 6.07) is 11.3. The van der Waals surface area contributed by atoms with Gasteiger partial charge in [0.25, 0.3) is 11.8 Å². The minimum absolute atomic E-state index is 0.0248. The summed E-state index contributed by atoms with van der Waals surface area (Å²) in [6.45, 7) is 1.52. The summed E-state index contributed by atoms with van der Waals surface area (Å²) >= 11 is 1.39. The van der Waals surface area contributed by atoms with Crippen LogP contribution >= 0.6 is 11.3 Å². The molecule has 3 rings (SSSR count).